The van der Waals surface area contributed by atoms with E-state index in [1.54, 1.807) is 36.8 Å². The average Bonchev–Trinajstić information content (AvgIpc) is 3.09. The highest BCUT2D eigenvalue weighted by Gasteiger charge is 2.11. The third-order valence-corrected chi connectivity index (χ3v) is 2.44. The molecule has 0 atom stereocenters. The maximum absolute atomic E-state index is 8.84. The number of benzene rings is 1. The van der Waals surface area contributed by atoms with Crippen molar-refractivity contribution in [3.05, 3.63) is 48.4 Å². The van der Waals surface area contributed by atoms with Gasteiger partial charge in [0.1, 0.15) is 6.26 Å². The highest BCUT2D eigenvalue weighted by Crippen LogP contribution is 2.22. The summed E-state index contributed by atoms with van der Waals surface area (Å²) in [6.07, 6.45) is 3.09. The Balaban J connectivity index is 2.01. The van der Waals surface area contributed by atoms with Gasteiger partial charge in [-0.25, -0.2) is 0 Å². The molecule has 0 fully saturated rings. The summed E-state index contributed by atoms with van der Waals surface area (Å²) >= 11 is 0. The molecule has 2 heterocycles. The van der Waals surface area contributed by atoms with Crippen molar-refractivity contribution >= 4 is 0 Å². The molecular formula is C13H7N3O2. The van der Waals surface area contributed by atoms with Gasteiger partial charge in [0.25, 0.3) is 5.89 Å². The van der Waals surface area contributed by atoms with E-state index >= 15 is 0 Å². The number of furan rings is 1. The summed E-state index contributed by atoms with van der Waals surface area (Å²) in [5, 5.41) is 12.7. The van der Waals surface area contributed by atoms with Gasteiger partial charge < -0.3 is 8.94 Å². The molecule has 2 aromatic heterocycles. The fraction of sp³-hybridized carbons (Fsp3) is 0. The summed E-state index contributed by atoms with van der Waals surface area (Å²) in [4.78, 5) is 4.25. The van der Waals surface area contributed by atoms with E-state index in [4.69, 9.17) is 14.2 Å². The Labute approximate surface area is 102 Å². The normalized spacial score (nSPS) is 10.2. The molecule has 3 aromatic rings. The van der Waals surface area contributed by atoms with Gasteiger partial charge in [-0.3, -0.25) is 0 Å². The van der Waals surface area contributed by atoms with E-state index in [9.17, 15) is 0 Å². The first-order chi connectivity index (χ1) is 8.86. The molecule has 0 saturated heterocycles. The molecule has 5 nitrogen and oxygen atoms in total. The van der Waals surface area contributed by atoms with Crippen molar-refractivity contribution in [2.45, 2.75) is 0 Å². The van der Waals surface area contributed by atoms with Crippen LogP contribution in [0.5, 0.6) is 0 Å². The smallest absolute Gasteiger partial charge is 0.258 e. The number of hydrogen-bond donors (Lipinski definition) is 0. The molecule has 0 radical (unpaired) electrons. The first-order valence-electron chi connectivity index (χ1n) is 5.23. The fourth-order valence-corrected chi connectivity index (χ4v) is 1.57. The van der Waals surface area contributed by atoms with Gasteiger partial charge in [0.2, 0.25) is 5.82 Å². The molecule has 5 heteroatoms. The Morgan fingerprint density at radius 2 is 2.11 bits per heavy atom. The summed E-state index contributed by atoms with van der Waals surface area (Å²) in [6.45, 7) is 0. The van der Waals surface area contributed by atoms with Gasteiger partial charge in [0.15, 0.2) is 0 Å². The van der Waals surface area contributed by atoms with Crippen LogP contribution in [0, 0.1) is 11.3 Å². The van der Waals surface area contributed by atoms with Crippen LogP contribution in [0.1, 0.15) is 5.56 Å². The zero-order valence-electron chi connectivity index (χ0n) is 9.20. The topological polar surface area (TPSA) is 75.8 Å². The van der Waals surface area contributed by atoms with Crippen LogP contribution >= 0.6 is 0 Å². The van der Waals surface area contributed by atoms with Gasteiger partial charge in [-0.2, -0.15) is 10.2 Å². The SMILES string of the molecule is N#Cc1cccc(-c2nc(-c3ccoc3)no2)c1. The van der Waals surface area contributed by atoms with E-state index in [-0.39, 0.29) is 0 Å². The van der Waals surface area contributed by atoms with Crippen molar-refractivity contribution in [3.8, 4) is 28.9 Å². The first kappa shape index (κ1) is 10.3. The summed E-state index contributed by atoms with van der Waals surface area (Å²) < 4.78 is 10.1. The molecule has 0 N–H and O–H groups in total. The molecule has 3 rings (SSSR count). The highest BCUT2D eigenvalue weighted by atomic mass is 16.5. The Morgan fingerprint density at radius 1 is 1.17 bits per heavy atom. The van der Waals surface area contributed by atoms with Crippen LogP contribution in [0.25, 0.3) is 22.8 Å². The van der Waals surface area contributed by atoms with Gasteiger partial charge in [0, 0.05) is 5.56 Å². The molecule has 0 aliphatic carbocycles. The lowest BCUT2D eigenvalue weighted by atomic mass is 10.1. The van der Waals surface area contributed by atoms with Gasteiger partial charge in [-0.1, -0.05) is 11.2 Å². The Kier molecular flexibility index (Phi) is 2.39. The van der Waals surface area contributed by atoms with E-state index in [1.165, 1.54) is 0 Å². The fourth-order valence-electron chi connectivity index (χ4n) is 1.57. The first-order valence-corrected chi connectivity index (χ1v) is 5.23. The lowest BCUT2D eigenvalue weighted by Crippen LogP contribution is -1.80. The summed E-state index contributed by atoms with van der Waals surface area (Å²) in [6, 6.07) is 10.8. The molecule has 0 unspecified atom stereocenters. The maximum atomic E-state index is 8.84. The van der Waals surface area contributed by atoms with Crippen molar-refractivity contribution in [1.82, 2.24) is 10.1 Å². The minimum absolute atomic E-state index is 0.378. The quantitative estimate of drug-likeness (QED) is 0.684. The van der Waals surface area contributed by atoms with Crippen molar-refractivity contribution in [3.63, 3.8) is 0 Å². The molecule has 0 amide bonds. The predicted molar refractivity (Wildman–Crippen MR) is 62.2 cm³/mol. The van der Waals surface area contributed by atoms with Crippen LogP contribution in [0.3, 0.4) is 0 Å². The van der Waals surface area contributed by atoms with Gasteiger partial charge in [-0.05, 0) is 24.3 Å². The largest absolute Gasteiger partial charge is 0.472 e. The van der Waals surface area contributed by atoms with E-state index in [0.29, 0.717) is 17.3 Å². The maximum Gasteiger partial charge on any atom is 0.258 e. The molecule has 0 bridgehead atoms. The summed E-state index contributed by atoms with van der Waals surface area (Å²) in [5.41, 5.74) is 2.02. The number of aromatic nitrogens is 2. The van der Waals surface area contributed by atoms with Crippen LogP contribution in [0.15, 0.2) is 51.8 Å². The molecule has 18 heavy (non-hydrogen) atoms. The minimum atomic E-state index is 0.378. The lowest BCUT2D eigenvalue weighted by molar-refractivity contribution is 0.432. The molecular weight excluding hydrogens is 230 g/mol. The standard InChI is InChI=1S/C13H7N3O2/c14-7-9-2-1-3-10(6-9)13-15-12(16-18-13)11-4-5-17-8-11/h1-6,8H. The minimum Gasteiger partial charge on any atom is -0.472 e. The Morgan fingerprint density at radius 3 is 2.89 bits per heavy atom. The predicted octanol–water partition coefficient (Wildman–Crippen LogP) is 2.87. The van der Waals surface area contributed by atoms with Crippen molar-refractivity contribution in [2.75, 3.05) is 0 Å². The van der Waals surface area contributed by atoms with E-state index in [2.05, 4.69) is 16.2 Å². The van der Waals surface area contributed by atoms with Crippen LogP contribution in [-0.2, 0) is 0 Å². The van der Waals surface area contributed by atoms with Crippen molar-refractivity contribution < 1.29 is 8.94 Å². The van der Waals surface area contributed by atoms with Gasteiger partial charge in [-0.15, -0.1) is 0 Å². The second-order valence-corrected chi connectivity index (χ2v) is 3.63. The second kappa shape index (κ2) is 4.18. The van der Waals surface area contributed by atoms with Gasteiger partial charge in [0.05, 0.1) is 23.5 Å². The second-order valence-electron chi connectivity index (χ2n) is 3.63. The van der Waals surface area contributed by atoms with E-state index < -0.39 is 0 Å². The third kappa shape index (κ3) is 1.76. The third-order valence-electron chi connectivity index (χ3n) is 2.44. The van der Waals surface area contributed by atoms with Crippen molar-refractivity contribution in [2.24, 2.45) is 0 Å². The van der Waals surface area contributed by atoms with Crippen LogP contribution < -0.4 is 0 Å². The van der Waals surface area contributed by atoms with Gasteiger partial charge >= 0.3 is 0 Å². The van der Waals surface area contributed by atoms with E-state index in [1.807, 2.05) is 6.07 Å². The van der Waals surface area contributed by atoms with Crippen LogP contribution in [-0.4, -0.2) is 10.1 Å². The molecule has 1 aromatic carbocycles. The molecule has 0 spiro atoms. The number of hydrogen-bond acceptors (Lipinski definition) is 5. The molecule has 0 aliphatic heterocycles. The Hall–Kier alpha value is -2.87. The average molecular weight is 237 g/mol. The van der Waals surface area contributed by atoms with Crippen LogP contribution in [0.2, 0.25) is 0 Å². The van der Waals surface area contributed by atoms with E-state index in [0.717, 1.165) is 11.1 Å². The zero-order valence-corrected chi connectivity index (χ0v) is 9.20. The van der Waals surface area contributed by atoms with Crippen LogP contribution in [0.4, 0.5) is 0 Å². The number of rotatable bonds is 2. The van der Waals surface area contributed by atoms with Crippen molar-refractivity contribution in [1.29, 1.82) is 5.26 Å². The molecule has 0 aliphatic rings. The number of nitriles is 1. The monoisotopic (exact) mass is 237 g/mol. The lowest BCUT2D eigenvalue weighted by Gasteiger charge is -1.93. The summed E-state index contributed by atoms with van der Waals surface area (Å²) in [5.74, 6) is 0.837. The summed E-state index contributed by atoms with van der Waals surface area (Å²) in [7, 11) is 0. The Bertz CT molecular complexity index is 708. The highest BCUT2D eigenvalue weighted by molar-refractivity contribution is 5.60. The molecule has 86 valence electrons. The number of nitrogens with zero attached hydrogens (tertiary/aromatic N) is 3. The zero-order chi connectivity index (χ0) is 12.4. The molecule has 0 saturated carbocycles.